The lowest BCUT2D eigenvalue weighted by Crippen LogP contribution is -2.30. The van der Waals surface area contributed by atoms with Gasteiger partial charge in [-0.25, -0.2) is 0 Å². The number of thiol groups is 1. The summed E-state index contributed by atoms with van der Waals surface area (Å²) in [5.74, 6) is 1.75. The van der Waals surface area contributed by atoms with E-state index in [2.05, 4.69) is 55.5 Å². The number of aryl methyl sites for hydroxylation is 1. The minimum atomic E-state index is 0.00489. The van der Waals surface area contributed by atoms with Crippen molar-refractivity contribution in [3.8, 4) is 5.75 Å². The molecule has 0 radical (unpaired) electrons. The van der Waals surface area contributed by atoms with Crippen molar-refractivity contribution >= 4 is 69.2 Å². The third kappa shape index (κ3) is 7.74. The lowest BCUT2D eigenvalue weighted by Gasteiger charge is -2.30. The van der Waals surface area contributed by atoms with E-state index in [1.165, 1.54) is 62.7 Å². The molecule has 32 heavy (non-hydrogen) atoms. The van der Waals surface area contributed by atoms with Gasteiger partial charge in [0.15, 0.2) is 0 Å². The highest BCUT2D eigenvalue weighted by atomic mass is 33.7. The maximum Gasteiger partial charge on any atom is 0.119 e. The zero-order chi connectivity index (χ0) is 22.6. The Morgan fingerprint density at radius 2 is 1.78 bits per heavy atom. The van der Waals surface area contributed by atoms with Crippen LogP contribution in [0.15, 0.2) is 18.2 Å². The maximum absolute atomic E-state index is 10.3. The SMILES string of the molecule is CC(C)(C)c1ccc(CCCCCCCC2SC2CC2SSSSCC3=[SH]C2C3)cc1O. The van der Waals surface area contributed by atoms with E-state index in [1.807, 2.05) is 36.5 Å². The van der Waals surface area contributed by atoms with Crippen LogP contribution in [-0.2, 0) is 11.8 Å². The van der Waals surface area contributed by atoms with Crippen LogP contribution in [0.5, 0.6) is 5.75 Å². The molecule has 1 aromatic rings. The van der Waals surface area contributed by atoms with Crippen molar-refractivity contribution in [2.24, 2.45) is 0 Å². The number of rotatable bonds is 10. The van der Waals surface area contributed by atoms with Gasteiger partial charge in [-0.2, -0.15) is 23.1 Å². The molecular weight excluding hydrogens is 509 g/mol. The molecule has 4 aliphatic heterocycles. The van der Waals surface area contributed by atoms with Crippen molar-refractivity contribution < 1.29 is 5.11 Å². The third-order valence-corrected chi connectivity index (χ3v) is 17.0. The fraction of sp³-hybridized carbons (Fsp3) is 0.720. The first-order valence-corrected chi connectivity index (χ1v) is 19.0. The Balaban J connectivity index is 1.05. The number of benzene rings is 1. The average molecular weight is 547 g/mol. The minimum Gasteiger partial charge on any atom is -0.508 e. The summed E-state index contributed by atoms with van der Waals surface area (Å²) in [6, 6.07) is 6.31. The van der Waals surface area contributed by atoms with E-state index in [-0.39, 0.29) is 5.41 Å². The number of thioether (sulfide) groups is 1. The molecule has 2 fully saturated rings. The topological polar surface area (TPSA) is 20.2 Å². The maximum atomic E-state index is 10.3. The van der Waals surface area contributed by atoms with E-state index >= 15 is 0 Å². The van der Waals surface area contributed by atoms with Crippen LogP contribution in [0.25, 0.3) is 0 Å². The van der Waals surface area contributed by atoms with Gasteiger partial charge in [-0.15, -0.1) is 0 Å². The Morgan fingerprint density at radius 3 is 2.56 bits per heavy atom. The summed E-state index contributed by atoms with van der Waals surface area (Å²) in [7, 11) is 8.26. The summed E-state index contributed by atoms with van der Waals surface area (Å²) in [4.78, 5) is 1.79. The average Bonchev–Trinajstić information content (AvgIpc) is 3.40. The van der Waals surface area contributed by atoms with Crippen LogP contribution in [0.1, 0.15) is 83.3 Å². The highest BCUT2D eigenvalue weighted by Gasteiger charge is 2.41. The molecule has 4 aliphatic rings. The number of phenols is 1. The van der Waals surface area contributed by atoms with E-state index < -0.39 is 0 Å². The number of hydrogen-bond acceptors (Lipinski definition) is 6. The molecule has 1 nitrogen and oxygen atoms in total. The second-order valence-corrected chi connectivity index (χ2v) is 19.5. The number of fused-ring (bicyclic) bond motifs is 5. The molecule has 4 atom stereocenters. The standard InChI is InChI=1S/C25H38OS6/c1-25(2,3)19-12-11-17(13-20(19)26)9-7-5-4-6-8-10-21-23(29-21)15-24-22-14-18(28-22)16-27-31-32-30-24/h11-13,21-24,26,28H,4-10,14-16H2,1-3H3. The Morgan fingerprint density at radius 1 is 1.00 bits per heavy atom. The molecule has 7 heteroatoms. The second kappa shape index (κ2) is 12.3. The van der Waals surface area contributed by atoms with E-state index in [0.29, 0.717) is 5.75 Å². The Bertz CT molecular complexity index is 789. The van der Waals surface area contributed by atoms with Crippen LogP contribution in [-0.4, -0.2) is 36.7 Å². The van der Waals surface area contributed by atoms with Crippen LogP contribution < -0.4 is 0 Å². The molecule has 1 N–H and O–H groups in total. The van der Waals surface area contributed by atoms with Crippen molar-refractivity contribution in [3.05, 3.63) is 29.3 Å². The molecule has 180 valence electrons. The van der Waals surface area contributed by atoms with Crippen molar-refractivity contribution in [2.75, 3.05) is 5.75 Å². The summed E-state index contributed by atoms with van der Waals surface area (Å²) >= 11 is 3.95. The number of phenolic OH excluding ortho intramolecular Hbond substituents is 1. The first-order chi connectivity index (χ1) is 15.4. The Kier molecular flexibility index (Phi) is 10.0. The van der Waals surface area contributed by atoms with Crippen LogP contribution in [0.4, 0.5) is 0 Å². The predicted octanol–water partition coefficient (Wildman–Crippen LogP) is 8.92. The highest BCUT2D eigenvalue weighted by Crippen LogP contribution is 2.55. The Labute approximate surface area is 218 Å². The molecule has 0 amide bonds. The summed E-state index contributed by atoms with van der Waals surface area (Å²) in [6.07, 6.45) is 12.1. The van der Waals surface area contributed by atoms with Crippen molar-refractivity contribution in [2.45, 2.75) is 105 Å². The molecule has 0 aromatic heterocycles. The first-order valence-electron chi connectivity index (χ1n) is 12.0. The summed E-state index contributed by atoms with van der Waals surface area (Å²) in [5.41, 5.74) is 2.33. The van der Waals surface area contributed by atoms with E-state index in [0.717, 1.165) is 33.0 Å². The van der Waals surface area contributed by atoms with Gasteiger partial charge in [0.1, 0.15) is 5.75 Å². The van der Waals surface area contributed by atoms with Crippen molar-refractivity contribution in [3.63, 3.8) is 0 Å². The highest BCUT2D eigenvalue weighted by molar-refractivity contribution is 9.26. The number of unbranched alkanes of at least 4 members (excludes halogenated alkanes) is 4. The molecule has 4 heterocycles. The number of aromatic hydroxyl groups is 1. The first kappa shape index (κ1) is 26.1. The molecule has 0 saturated carbocycles. The van der Waals surface area contributed by atoms with Gasteiger partial charge in [0.2, 0.25) is 0 Å². The minimum absolute atomic E-state index is 0.00489. The normalized spacial score (nSPS) is 27.9. The van der Waals surface area contributed by atoms with Gasteiger partial charge in [0.05, 0.1) is 0 Å². The molecule has 4 unspecified atom stereocenters. The molecule has 2 saturated heterocycles. The monoisotopic (exact) mass is 546 g/mol. The van der Waals surface area contributed by atoms with Gasteiger partial charge >= 0.3 is 0 Å². The largest absolute Gasteiger partial charge is 0.508 e. The smallest absolute Gasteiger partial charge is 0.119 e. The van der Waals surface area contributed by atoms with Crippen LogP contribution in [0.2, 0.25) is 0 Å². The van der Waals surface area contributed by atoms with Crippen LogP contribution >= 0.6 is 64.4 Å². The molecular formula is C25H38OS6. The van der Waals surface area contributed by atoms with Crippen molar-refractivity contribution in [1.82, 2.24) is 0 Å². The van der Waals surface area contributed by atoms with E-state index in [1.54, 1.807) is 16.2 Å². The van der Waals surface area contributed by atoms with Gasteiger partial charge in [0, 0.05) is 26.8 Å². The summed E-state index contributed by atoms with van der Waals surface area (Å²) < 4.78 is 0. The zero-order valence-electron chi connectivity index (χ0n) is 19.5. The van der Waals surface area contributed by atoms with Gasteiger partial charge < -0.3 is 5.11 Å². The van der Waals surface area contributed by atoms with Gasteiger partial charge in [-0.05, 0) is 79.2 Å². The predicted molar refractivity (Wildman–Crippen MR) is 159 cm³/mol. The molecule has 2 bridgehead atoms. The zero-order valence-corrected chi connectivity index (χ0v) is 24.5. The molecule has 1 aromatic carbocycles. The fourth-order valence-electron chi connectivity index (χ4n) is 4.65. The number of hydrogen-bond donors (Lipinski definition) is 2. The molecule has 5 rings (SSSR count). The second-order valence-electron chi connectivity index (χ2n) is 10.4. The lowest BCUT2D eigenvalue weighted by molar-refractivity contribution is 0.445. The van der Waals surface area contributed by atoms with Crippen molar-refractivity contribution in [1.29, 1.82) is 0 Å². The summed E-state index contributed by atoms with van der Waals surface area (Å²) in [5, 5.41) is 14.1. The van der Waals surface area contributed by atoms with Gasteiger partial charge in [0.25, 0.3) is 0 Å². The lowest BCUT2D eigenvalue weighted by atomic mass is 9.85. The molecule has 0 spiro atoms. The molecule has 0 aliphatic carbocycles. The summed E-state index contributed by atoms with van der Waals surface area (Å²) in [6.45, 7) is 6.46. The van der Waals surface area contributed by atoms with Gasteiger partial charge in [-0.3, -0.25) is 0 Å². The van der Waals surface area contributed by atoms with Crippen LogP contribution in [0.3, 0.4) is 0 Å². The fourth-order valence-corrected chi connectivity index (χ4v) is 15.0. The quantitative estimate of drug-likeness (QED) is 0.0997. The Hall–Kier alpha value is 0.990. The third-order valence-electron chi connectivity index (χ3n) is 6.66. The van der Waals surface area contributed by atoms with E-state index in [4.69, 9.17) is 0 Å². The van der Waals surface area contributed by atoms with Gasteiger partial charge in [-0.1, -0.05) is 80.2 Å². The van der Waals surface area contributed by atoms with E-state index in [9.17, 15) is 5.11 Å². The van der Waals surface area contributed by atoms with Crippen LogP contribution in [0, 0.1) is 0 Å².